The van der Waals surface area contributed by atoms with E-state index in [2.05, 4.69) is 20.0 Å². The highest BCUT2D eigenvalue weighted by Gasteiger charge is 2.24. The molecule has 0 spiro atoms. The van der Waals surface area contributed by atoms with Gasteiger partial charge in [0, 0.05) is 31.7 Å². The number of piperidine rings is 1. The third-order valence-corrected chi connectivity index (χ3v) is 4.63. The third kappa shape index (κ3) is 3.10. The first-order valence-corrected chi connectivity index (χ1v) is 7.85. The summed E-state index contributed by atoms with van der Waals surface area (Å²) in [5, 5.41) is 8.30. The lowest BCUT2D eigenvalue weighted by atomic mass is 9.96. The Balaban J connectivity index is 1.55. The Kier molecular flexibility index (Phi) is 4.47. The molecule has 3 rings (SSSR count). The van der Waals surface area contributed by atoms with Crippen LogP contribution in [0.4, 0.5) is 5.82 Å². The van der Waals surface area contributed by atoms with Crippen molar-refractivity contribution >= 4 is 5.82 Å². The smallest absolute Gasteiger partial charge is 0.155 e. The lowest BCUT2D eigenvalue weighted by Crippen LogP contribution is -2.39. The van der Waals surface area contributed by atoms with Gasteiger partial charge in [-0.05, 0) is 50.8 Å². The lowest BCUT2D eigenvalue weighted by Gasteiger charge is -2.35. The highest BCUT2D eigenvalue weighted by molar-refractivity contribution is 5.45. The van der Waals surface area contributed by atoms with E-state index in [1.54, 1.807) is 6.20 Å². The predicted octanol–water partition coefficient (Wildman–Crippen LogP) is 1.25. The van der Waals surface area contributed by atoms with E-state index in [4.69, 9.17) is 5.73 Å². The van der Waals surface area contributed by atoms with Crippen LogP contribution in [0.3, 0.4) is 0 Å². The van der Waals surface area contributed by atoms with Crippen LogP contribution < -0.4 is 10.6 Å². The summed E-state index contributed by atoms with van der Waals surface area (Å²) in [5.74, 6) is 1.84. The summed E-state index contributed by atoms with van der Waals surface area (Å²) < 4.78 is 0. The molecule has 0 amide bonds. The Labute approximate surface area is 121 Å². The number of hydrogen-bond donors (Lipinski definition) is 1. The fourth-order valence-corrected chi connectivity index (χ4v) is 3.43. The van der Waals surface area contributed by atoms with E-state index in [1.807, 2.05) is 6.07 Å². The number of anilines is 1. The molecule has 2 saturated heterocycles. The minimum atomic E-state index is 0.540. The summed E-state index contributed by atoms with van der Waals surface area (Å²) in [6.07, 6.45) is 7.02. The average molecular weight is 275 g/mol. The molecule has 0 aliphatic carbocycles. The zero-order valence-electron chi connectivity index (χ0n) is 12.2. The molecule has 2 aliphatic rings. The van der Waals surface area contributed by atoms with Crippen LogP contribution in [0.25, 0.3) is 0 Å². The maximum absolute atomic E-state index is 5.79. The van der Waals surface area contributed by atoms with Gasteiger partial charge < -0.3 is 15.5 Å². The quantitative estimate of drug-likeness (QED) is 0.896. The van der Waals surface area contributed by atoms with Crippen molar-refractivity contribution < 1.29 is 0 Å². The van der Waals surface area contributed by atoms with Crippen molar-refractivity contribution in [3.05, 3.63) is 17.8 Å². The molecule has 3 heterocycles. The molecule has 5 nitrogen and oxygen atoms in total. The van der Waals surface area contributed by atoms with Gasteiger partial charge in [-0.1, -0.05) is 0 Å². The Bertz CT molecular complexity index is 422. The molecule has 1 aromatic heterocycles. The average Bonchev–Trinajstić information content (AvgIpc) is 3.01. The van der Waals surface area contributed by atoms with Crippen molar-refractivity contribution in [3.63, 3.8) is 0 Å². The zero-order chi connectivity index (χ0) is 13.8. The van der Waals surface area contributed by atoms with Crippen molar-refractivity contribution in [3.8, 4) is 0 Å². The van der Waals surface area contributed by atoms with E-state index >= 15 is 0 Å². The van der Waals surface area contributed by atoms with Gasteiger partial charge >= 0.3 is 0 Å². The van der Waals surface area contributed by atoms with Gasteiger partial charge in [-0.25, -0.2) is 0 Å². The van der Waals surface area contributed by atoms with Crippen LogP contribution >= 0.6 is 0 Å². The fourth-order valence-electron chi connectivity index (χ4n) is 3.43. The molecule has 0 bridgehead atoms. The molecule has 0 unspecified atom stereocenters. The molecule has 0 radical (unpaired) electrons. The Morgan fingerprint density at radius 2 is 1.90 bits per heavy atom. The van der Waals surface area contributed by atoms with Gasteiger partial charge in [0.15, 0.2) is 5.82 Å². The number of hydrogen-bond acceptors (Lipinski definition) is 5. The predicted molar refractivity (Wildman–Crippen MR) is 80.5 cm³/mol. The zero-order valence-corrected chi connectivity index (χ0v) is 12.2. The first-order chi connectivity index (χ1) is 9.86. The van der Waals surface area contributed by atoms with E-state index in [0.717, 1.165) is 30.4 Å². The van der Waals surface area contributed by atoms with Gasteiger partial charge in [-0.15, -0.1) is 5.10 Å². The number of nitrogens with two attached hydrogens (primary N) is 1. The summed E-state index contributed by atoms with van der Waals surface area (Å²) in [6, 6.07) is 1.98. The molecule has 2 N–H and O–H groups in total. The second-order valence-corrected chi connectivity index (χ2v) is 6.02. The van der Waals surface area contributed by atoms with E-state index in [0.29, 0.717) is 6.54 Å². The van der Waals surface area contributed by atoms with E-state index < -0.39 is 0 Å². The number of rotatable bonds is 4. The van der Waals surface area contributed by atoms with Crippen LogP contribution in [-0.4, -0.2) is 47.8 Å². The molecule has 20 heavy (non-hydrogen) atoms. The molecule has 2 aliphatic heterocycles. The second kappa shape index (κ2) is 6.50. The summed E-state index contributed by atoms with van der Waals surface area (Å²) in [5.41, 5.74) is 6.90. The van der Waals surface area contributed by atoms with Gasteiger partial charge in [0.1, 0.15) is 0 Å². The van der Waals surface area contributed by atoms with Gasteiger partial charge in [0.25, 0.3) is 0 Å². The molecule has 0 atom stereocenters. The standard InChI is InChI=1S/C15H25N5/c16-11-14-3-6-17-18-15(14)20-9-4-13(5-10-20)12-19-7-1-2-8-19/h3,6,13H,1-2,4-5,7-12,16H2. The maximum atomic E-state index is 5.79. The molecule has 5 heteroatoms. The Morgan fingerprint density at radius 1 is 1.15 bits per heavy atom. The van der Waals surface area contributed by atoms with Crippen LogP contribution in [-0.2, 0) is 6.54 Å². The molecular formula is C15H25N5. The normalized spacial score (nSPS) is 21.6. The van der Waals surface area contributed by atoms with Gasteiger partial charge in [0.2, 0.25) is 0 Å². The first kappa shape index (κ1) is 13.8. The van der Waals surface area contributed by atoms with E-state index in [-0.39, 0.29) is 0 Å². The molecule has 0 aromatic carbocycles. The van der Waals surface area contributed by atoms with Crippen molar-refractivity contribution in [2.75, 3.05) is 37.6 Å². The number of nitrogens with zero attached hydrogens (tertiary/aromatic N) is 4. The number of likely N-dealkylation sites (tertiary alicyclic amines) is 1. The van der Waals surface area contributed by atoms with Gasteiger partial charge in [0.05, 0.1) is 6.20 Å². The van der Waals surface area contributed by atoms with Crippen LogP contribution in [0.2, 0.25) is 0 Å². The summed E-state index contributed by atoms with van der Waals surface area (Å²) in [4.78, 5) is 4.99. The fraction of sp³-hybridized carbons (Fsp3) is 0.733. The Hall–Kier alpha value is -1.20. The molecule has 0 saturated carbocycles. The van der Waals surface area contributed by atoms with Gasteiger partial charge in [-0.3, -0.25) is 0 Å². The van der Waals surface area contributed by atoms with Crippen LogP contribution in [0.1, 0.15) is 31.2 Å². The van der Waals surface area contributed by atoms with E-state index in [1.165, 1.54) is 45.3 Å². The highest BCUT2D eigenvalue weighted by atomic mass is 15.3. The first-order valence-electron chi connectivity index (χ1n) is 7.85. The summed E-state index contributed by atoms with van der Waals surface area (Å²) in [6.45, 7) is 6.62. The van der Waals surface area contributed by atoms with Crippen LogP contribution in [0.5, 0.6) is 0 Å². The van der Waals surface area contributed by atoms with Crippen LogP contribution in [0, 0.1) is 5.92 Å². The molecular weight excluding hydrogens is 250 g/mol. The van der Waals surface area contributed by atoms with Crippen molar-refractivity contribution in [1.29, 1.82) is 0 Å². The number of aromatic nitrogens is 2. The SMILES string of the molecule is NCc1ccnnc1N1CCC(CN2CCCC2)CC1. The molecule has 2 fully saturated rings. The molecule has 110 valence electrons. The minimum absolute atomic E-state index is 0.540. The Morgan fingerprint density at radius 3 is 2.60 bits per heavy atom. The van der Waals surface area contributed by atoms with Crippen LogP contribution in [0.15, 0.2) is 12.3 Å². The van der Waals surface area contributed by atoms with Crippen molar-refractivity contribution in [2.24, 2.45) is 11.7 Å². The summed E-state index contributed by atoms with van der Waals surface area (Å²) >= 11 is 0. The third-order valence-electron chi connectivity index (χ3n) is 4.63. The monoisotopic (exact) mass is 275 g/mol. The second-order valence-electron chi connectivity index (χ2n) is 6.02. The molecule has 1 aromatic rings. The maximum Gasteiger partial charge on any atom is 0.155 e. The minimum Gasteiger partial charge on any atom is -0.355 e. The van der Waals surface area contributed by atoms with Crippen molar-refractivity contribution in [2.45, 2.75) is 32.2 Å². The van der Waals surface area contributed by atoms with E-state index in [9.17, 15) is 0 Å². The lowest BCUT2D eigenvalue weighted by molar-refractivity contribution is 0.249. The largest absolute Gasteiger partial charge is 0.355 e. The van der Waals surface area contributed by atoms with Gasteiger partial charge in [-0.2, -0.15) is 5.10 Å². The summed E-state index contributed by atoms with van der Waals surface area (Å²) in [7, 11) is 0. The highest BCUT2D eigenvalue weighted by Crippen LogP contribution is 2.25. The van der Waals surface area contributed by atoms with Crippen molar-refractivity contribution in [1.82, 2.24) is 15.1 Å². The topological polar surface area (TPSA) is 58.3 Å².